The normalized spacial score (nSPS) is 25.6. The molecule has 1 atom stereocenters. The second-order valence-electron chi connectivity index (χ2n) is 5.58. The lowest BCUT2D eigenvalue weighted by atomic mass is 9.76. The number of aliphatic hydroxyl groups is 1. The molecule has 1 spiro atoms. The smallest absolute Gasteiger partial charge is 0.229 e. The highest BCUT2D eigenvalue weighted by Gasteiger charge is 2.45. The van der Waals surface area contributed by atoms with Gasteiger partial charge in [-0.3, -0.25) is 14.5 Å². The van der Waals surface area contributed by atoms with Crippen molar-refractivity contribution in [2.75, 3.05) is 6.61 Å². The average Bonchev–Trinajstić information content (AvgIpc) is 2.65. The minimum atomic E-state index is -0.168. The highest BCUT2D eigenvalue weighted by molar-refractivity contribution is 5.98. The number of aliphatic hydroxyl groups excluding tert-OH is 1. The van der Waals surface area contributed by atoms with E-state index in [-0.39, 0.29) is 29.9 Å². The quantitative estimate of drug-likeness (QED) is 0.759. The molecule has 2 aliphatic rings. The minimum Gasteiger partial charge on any atom is -0.396 e. The molecule has 1 saturated heterocycles. The maximum absolute atomic E-state index is 12.1. The Balaban J connectivity index is 2.08. The van der Waals surface area contributed by atoms with Crippen LogP contribution in [-0.2, 0) is 9.59 Å². The minimum absolute atomic E-state index is 0.0172. The van der Waals surface area contributed by atoms with Crippen LogP contribution in [0.15, 0.2) is 0 Å². The van der Waals surface area contributed by atoms with Crippen molar-refractivity contribution in [1.29, 1.82) is 0 Å². The number of amides is 2. The molecule has 2 rings (SSSR count). The van der Waals surface area contributed by atoms with E-state index >= 15 is 0 Å². The van der Waals surface area contributed by atoms with Crippen molar-refractivity contribution in [3.8, 4) is 0 Å². The zero-order valence-electron chi connectivity index (χ0n) is 10.4. The maximum atomic E-state index is 12.1. The van der Waals surface area contributed by atoms with E-state index in [1.165, 1.54) is 4.90 Å². The lowest BCUT2D eigenvalue weighted by molar-refractivity contribution is -0.156. The number of carbonyl (C=O) groups is 2. The molecule has 4 heteroatoms. The Hall–Kier alpha value is -0.900. The first-order valence-electron chi connectivity index (χ1n) is 6.54. The fourth-order valence-electron chi connectivity index (χ4n) is 3.30. The molecule has 2 fully saturated rings. The van der Waals surface area contributed by atoms with E-state index in [9.17, 15) is 9.59 Å². The number of rotatable bonds is 3. The van der Waals surface area contributed by atoms with Crippen LogP contribution in [0, 0.1) is 5.41 Å². The molecule has 2 amide bonds. The second-order valence-corrected chi connectivity index (χ2v) is 5.58. The van der Waals surface area contributed by atoms with Crippen LogP contribution in [0.25, 0.3) is 0 Å². The molecule has 0 radical (unpaired) electrons. The Morgan fingerprint density at radius 3 is 2.24 bits per heavy atom. The number of nitrogens with zero attached hydrogens (tertiary/aromatic N) is 1. The Bertz CT molecular complexity index is 301. The molecule has 1 heterocycles. The van der Waals surface area contributed by atoms with Gasteiger partial charge in [-0.1, -0.05) is 12.8 Å². The monoisotopic (exact) mass is 239 g/mol. The molecule has 17 heavy (non-hydrogen) atoms. The maximum Gasteiger partial charge on any atom is 0.229 e. The summed E-state index contributed by atoms with van der Waals surface area (Å²) in [5.41, 5.74) is -0.0242. The zero-order valence-corrected chi connectivity index (χ0v) is 10.4. The second kappa shape index (κ2) is 4.77. The van der Waals surface area contributed by atoms with E-state index in [1.807, 2.05) is 6.92 Å². The number of carbonyl (C=O) groups excluding carboxylic acids is 2. The van der Waals surface area contributed by atoms with Crippen molar-refractivity contribution in [1.82, 2.24) is 4.90 Å². The molecule has 1 N–H and O–H groups in total. The molecule has 4 nitrogen and oxygen atoms in total. The fraction of sp³-hybridized carbons (Fsp3) is 0.846. The molecular formula is C13H21NO3. The lowest BCUT2D eigenvalue weighted by Crippen LogP contribution is -2.51. The summed E-state index contributed by atoms with van der Waals surface area (Å²) >= 11 is 0. The van der Waals surface area contributed by atoms with Crippen molar-refractivity contribution in [3.05, 3.63) is 0 Å². The third kappa shape index (κ3) is 2.37. The molecular weight excluding hydrogens is 218 g/mol. The van der Waals surface area contributed by atoms with Gasteiger partial charge in [0.2, 0.25) is 11.8 Å². The van der Waals surface area contributed by atoms with Crippen LogP contribution >= 0.6 is 0 Å². The van der Waals surface area contributed by atoms with Crippen LogP contribution in [0.2, 0.25) is 0 Å². The van der Waals surface area contributed by atoms with Gasteiger partial charge in [-0.15, -0.1) is 0 Å². The van der Waals surface area contributed by atoms with Gasteiger partial charge in [0.05, 0.1) is 0 Å². The predicted molar refractivity (Wildman–Crippen MR) is 63.2 cm³/mol. The molecule has 1 saturated carbocycles. The van der Waals surface area contributed by atoms with Gasteiger partial charge in [-0.2, -0.15) is 0 Å². The summed E-state index contributed by atoms with van der Waals surface area (Å²) in [4.78, 5) is 25.6. The zero-order chi connectivity index (χ0) is 12.5. The summed E-state index contributed by atoms with van der Waals surface area (Å²) in [6.07, 6.45) is 5.85. The summed E-state index contributed by atoms with van der Waals surface area (Å²) in [5, 5.41) is 8.90. The summed E-state index contributed by atoms with van der Waals surface area (Å²) < 4.78 is 0. The fourth-order valence-corrected chi connectivity index (χ4v) is 3.30. The van der Waals surface area contributed by atoms with Crippen molar-refractivity contribution < 1.29 is 14.7 Å². The Labute approximate surface area is 102 Å². The summed E-state index contributed by atoms with van der Waals surface area (Å²) in [6.45, 7) is 1.85. The Kier molecular flexibility index (Phi) is 3.52. The van der Waals surface area contributed by atoms with E-state index in [0.717, 1.165) is 25.7 Å². The topological polar surface area (TPSA) is 57.6 Å². The number of likely N-dealkylation sites (tertiary alicyclic amines) is 1. The largest absolute Gasteiger partial charge is 0.396 e. The molecule has 1 aliphatic carbocycles. The van der Waals surface area contributed by atoms with Gasteiger partial charge >= 0.3 is 0 Å². The van der Waals surface area contributed by atoms with Crippen LogP contribution in [0.4, 0.5) is 0 Å². The van der Waals surface area contributed by atoms with Crippen molar-refractivity contribution in [2.45, 2.75) is 57.9 Å². The molecule has 0 aromatic heterocycles. The van der Waals surface area contributed by atoms with E-state index in [4.69, 9.17) is 5.11 Å². The number of hydrogen-bond donors (Lipinski definition) is 1. The van der Waals surface area contributed by atoms with Gasteiger partial charge in [-0.25, -0.2) is 0 Å². The van der Waals surface area contributed by atoms with Crippen LogP contribution in [0.5, 0.6) is 0 Å². The number of hydrogen-bond acceptors (Lipinski definition) is 3. The Morgan fingerprint density at radius 1 is 1.24 bits per heavy atom. The van der Waals surface area contributed by atoms with Crippen LogP contribution in [-0.4, -0.2) is 34.5 Å². The van der Waals surface area contributed by atoms with Crippen LogP contribution in [0.3, 0.4) is 0 Å². The van der Waals surface area contributed by atoms with Gasteiger partial charge in [0, 0.05) is 25.5 Å². The predicted octanol–water partition coefficient (Wildman–Crippen LogP) is 1.47. The third-order valence-corrected chi connectivity index (χ3v) is 4.24. The van der Waals surface area contributed by atoms with E-state index in [0.29, 0.717) is 19.3 Å². The van der Waals surface area contributed by atoms with Gasteiger partial charge in [0.1, 0.15) is 0 Å². The molecule has 0 aromatic carbocycles. The highest BCUT2D eigenvalue weighted by atomic mass is 16.3. The van der Waals surface area contributed by atoms with Crippen molar-refractivity contribution in [2.24, 2.45) is 5.41 Å². The van der Waals surface area contributed by atoms with Crippen molar-refractivity contribution in [3.63, 3.8) is 0 Å². The SMILES string of the molecule is CC(CCO)N1C(=O)CC2(CCCC2)CC1=O. The first kappa shape index (κ1) is 12.6. The van der Waals surface area contributed by atoms with E-state index in [1.54, 1.807) is 0 Å². The lowest BCUT2D eigenvalue weighted by Gasteiger charge is -2.39. The number of imide groups is 1. The van der Waals surface area contributed by atoms with Gasteiger partial charge in [0.15, 0.2) is 0 Å². The first-order valence-corrected chi connectivity index (χ1v) is 6.54. The van der Waals surface area contributed by atoms with Gasteiger partial charge < -0.3 is 5.11 Å². The van der Waals surface area contributed by atoms with Gasteiger partial charge in [0.25, 0.3) is 0 Å². The van der Waals surface area contributed by atoms with Crippen LogP contribution < -0.4 is 0 Å². The average molecular weight is 239 g/mol. The van der Waals surface area contributed by atoms with Gasteiger partial charge in [-0.05, 0) is 31.6 Å². The van der Waals surface area contributed by atoms with Crippen LogP contribution in [0.1, 0.15) is 51.9 Å². The number of piperidine rings is 1. The first-order chi connectivity index (χ1) is 8.08. The van der Waals surface area contributed by atoms with E-state index in [2.05, 4.69) is 0 Å². The summed E-state index contributed by atoms with van der Waals surface area (Å²) in [7, 11) is 0. The molecule has 0 bridgehead atoms. The summed E-state index contributed by atoms with van der Waals surface area (Å²) in [6, 6.07) is -0.168. The Morgan fingerprint density at radius 2 is 1.76 bits per heavy atom. The molecule has 0 aromatic rings. The summed E-state index contributed by atoms with van der Waals surface area (Å²) in [5.74, 6) is -0.0757. The standard InChI is InChI=1S/C13H21NO3/c1-10(4-7-15)14-11(16)8-13(9-12(14)17)5-2-3-6-13/h10,15H,2-9H2,1H3. The molecule has 1 aliphatic heterocycles. The molecule has 1 unspecified atom stereocenters. The van der Waals surface area contributed by atoms with Crippen molar-refractivity contribution >= 4 is 11.8 Å². The molecule has 96 valence electrons. The van der Waals surface area contributed by atoms with E-state index < -0.39 is 0 Å². The third-order valence-electron chi connectivity index (χ3n) is 4.24. The highest BCUT2D eigenvalue weighted by Crippen LogP contribution is 2.47.